The Kier molecular flexibility index (Phi) is 5.34. The number of aliphatic hydroxyl groups is 4. The molecular formula is C13H18N2O8. The van der Waals surface area contributed by atoms with Gasteiger partial charge in [0.2, 0.25) is 0 Å². The number of nitrogens with one attached hydrogen (secondary N) is 1. The fraction of sp³-hybridized carbons (Fsp3) is 0.538. The summed E-state index contributed by atoms with van der Waals surface area (Å²) in [5, 5.41) is 50.6. The van der Waals surface area contributed by atoms with E-state index in [0.29, 0.717) is 0 Å². The molecule has 1 aromatic heterocycles. The summed E-state index contributed by atoms with van der Waals surface area (Å²) in [7, 11) is 1.30. The first-order valence-corrected chi connectivity index (χ1v) is 6.74. The fourth-order valence-corrected chi connectivity index (χ4v) is 2.24. The maximum atomic E-state index is 12.2. The Morgan fingerprint density at radius 2 is 2.09 bits per heavy atom. The third-order valence-corrected chi connectivity index (χ3v) is 3.52. The minimum absolute atomic E-state index is 0.0199. The topological polar surface area (TPSA) is 162 Å². The van der Waals surface area contributed by atoms with Crippen molar-refractivity contribution in [3.63, 3.8) is 0 Å². The summed E-state index contributed by atoms with van der Waals surface area (Å²) in [6.45, 7) is -0.617. The number of hydrogen-bond donors (Lipinski definition) is 6. The molecule has 0 aliphatic carbocycles. The molecule has 6 N–H and O–H groups in total. The zero-order valence-corrected chi connectivity index (χ0v) is 12.2. The molecule has 128 valence electrons. The molecule has 1 amide bonds. The highest BCUT2D eigenvalue weighted by atomic mass is 16.6. The second kappa shape index (κ2) is 7.06. The molecule has 0 unspecified atom stereocenters. The number of pyridine rings is 1. The van der Waals surface area contributed by atoms with Gasteiger partial charge in [0.25, 0.3) is 5.91 Å². The lowest BCUT2D eigenvalue weighted by Crippen LogP contribution is -2.64. The summed E-state index contributed by atoms with van der Waals surface area (Å²) >= 11 is 0. The Morgan fingerprint density at radius 3 is 2.70 bits per heavy atom. The average Bonchev–Trinajstić information content (AvgIpc) is 2.54. The maximum absolute atomic E-state index is 12.2. The molecule has 23 heavy (non-hydrogen) atoms. The van der Waals surface area contributed by atoms with Crippen molar-refractivity contribution in [3.05, 3.63) is 18.0 Å². The lowest BCUT2D eigenvalue weighted by molar-refractivity contribution is -0.252. The maximum Gasteiger partial charge on any atom is 0.274 e. The molecule has 0 aromatic carbocycles. The summed E-state index contributed by atoms with van der Waals surface area (Å²) in [5.74, 6) is -1.41. The molecule has 1 aliphatic rings. The van der Waals surface area contributed by atoms with Crippen molar-refractivity contribution < 1.29 is 39.8 Å². The lowest BCUT2D eigenvalue weighted by atomic mass is 9.97. The highest BCUT2D eigenvalue weighted by Gasteiger charge is 2.44. The first-order valence-electron chi connectivity index (χ1n) is 6.74. The van der Waals surface area contributed by atoms with Gasteiger partial charge in [-0.05, 0) is 0 Å². The number of aromatic hydroxyl groups is 1. The summed E-state index contributed by atoms with van der Waals surface area (Å²) in [4.78, 5) is 15.9. The number of aliphatic hydroxyl groups excluding tert-OH is 4. The van der Waals surface area contributed by atoms with Gasteiger partial charge >= 0.3 is 0 Å². The first kappa shape index (κ1) is 17.4. The number of amides is 1. The second-order valence-corrected chi connectivity index (χ2v) is 4.94. The Bertz CT molecular complexity index is 569. The van der Waals surface area contributed by atoms with Crippen LogP contribution in [0.15, 0.2) is 12.3 Å². The van der Waals surface area contributed by atoms with Crippen molar-refractivity contribution in [2.45, 2.75) is 30.6 Å². The zero-order chi connectivity index (χ0) is 17.1. The van der Waals surface area contributed by atoms with Crippen LogP contribution in [0.1, 0.15) is 10.5 Å². The molecule has 2 heterocycles. The van der Waals surface area contributed by atoms with E-state index < -0.39 is 48.9 Å². The van der Waals surface area contributed by atoms with Crippen molar-refractivity contribution in [2.24, 2.45) is 0 Å². The van der Waals surface area contributed by atoms with E-state index in [1.54, 1.807) is 0 Å². The normalized spacial score (nSPS) is 30.7. The first-order chi connectivity index (χ1) is 10.9. The van der Waals surface area contributed by atoms with Gasteiger partial charge in [0, 0.05) is 12.3 Å². The van der Waals surface area contributed by atoms with Crippen LogP contribution >= 0.6 is 0 Å². The molecule has 0 radical (unpaired) electrons. The Balaban J connectivity index is 2.17. The molecule has 1 saturated heterocycles. The van der Waals surface area contributed by atoms with E-state index in [9.17, 15) is 25.2 Å². The van der Waals surface area contributed by atoms with E-state index in [1.165, 1.54) is 19.4 Å². The molecule has 0 saturated carbocycles. The minimum Gasteiger partial charge on any atom is -0.503 e. The van der Waals surface area contributed by atoms with Crippen LogP contribution < -0.4 is 10.1 Å². The van der Waals surface area contributed by atoms with E-state index in [1.807, 2.05) is 0 Å². The fourth-order valence-electron chi connectivity index (χ4n) is 2.24. The Labute approximate surface area is 130 Å². The molecular weight excluding hydrogens is 312 g/mol. The number of ether oxygens (including phenoxy) is 2. The van der Waals surface area contributed by atoms with E-state index in [2.05, 4.69) is 10.3 Å². The van der Waals surface area contributed by atoms with E-state index in [0.717, 1.165) is 0 Å². The number of carbonyl (C=O) groups excluding carboxylic acids is 1. The number of rotatable bonds is 4. The van der Waals surface area contributed by atoms with Crippen molar-refractivity contribution in [3.8, 4) is 11.5 Å². The van der Waals surface area contributed by atoms with Gasteiger partial charge in [-0.15, -0.1) is 0 Å². The second-order valence-electron chi connectivity index (χ2n) is 4.94. The van der Waals surface area contributed by atoms with Gasteiger partial charge < -0.3 is 40.3 Å². The predicted molar refractivity (Wildman–Crippen MR) is 73.7 cm³/mol. The Hall–Kier alpha value is -1.98. The molecule has 10 nitrogen and oxygen atoms in total. The minimum atomic E-state index is -1.66. The van der Waals surface area contributed by atoms with Gasteiger partial charge in [0.05, 0.1) is 13.7 Å². The van der Waals surface area contributed by atoms with E-state index >= 15 is 0 Å². The van der Waals surface area contributed by atoms with Gasteiger partial charge in [0.15, 0.2) is 23.5 Å². The van der Waals surface area contributed by atoms with Crippen molar-refractivity contribution in [1.82, 2.24) is 10.3 Å². The zero-order valence-electron chi connectivity index (χ0n) is 12.2. The summed E-state index contributed by atoms with van der Waals surface area (Å²) in [6, 6.07) is -0.0394. The summed E-state index contributed by atoms with van der Waals surface area (Å²) in [5.41, 5.74) is -0.387. The van der Waals surface area contributed by atoms with E-state index in [4.69, 9.17) is 14.6 Å². The van der Waals surface area contributed by atoms with Gasteiger partial charge in [0.1, 0.15) is 24.4 Å². The van der Waals surface area contributed by atoms with Crippen LogP contribution in [0.2, 0.25) is 0 Å². The van der Waals surface area contributed by atoms with E-state index in [-0.39, 0.29) is 11.4 Å². The third kappa shape index (κ3) is 3.35. The standard InChI is InChI=1S/C13H18N2O8/c1-22-5-2-3-14-7(9(5)17)12(20)15-8-11(19)10(18)6(4-16)23-13(8)21/h2-3,6,8,10-11,13,16-19,21H,4H2,1H3,(H,15,20)/t6-,8-,10-,11-,13+/m1/s1. The van der Waals surface area contributed by atoms with Crippen molar-refractivity contribution in [1.29, 1.82) is 0 Å². The van der Waals surface area contributed by atoms with Crippen LogP contribution in [0.5, 0.6) is 11.5 Å². The lowest BCUT2D eigenvalue weighted by Gasteiger charge is -2.40. The molecule has 0 bridgehead atoms. The number of methoxy groups -OCH3 is 1. The third-order valence-electron chi connectivity index (χ3n) is 3.52. The van der Waals surface area contributed by atoms with Crippen LogP contribution in [0.25, 0.3) is 0 Å². The van der Waals surface area contributed by atoms with Crippen LogP contribution in [-0.2, 0) is 4.74 Å². The number of nitrogens with zero attached hydrogens (tertiary/aromatic N) is 1. The molecule has 2 rings (SSSR count). The summed E-state index contributed by atoms with van der Waals surface area (Å²) in [6.07, 6.45) is -4.72. The number of hydrogen-bond acceptors (Lipinski definition) is 9. The smallest absolute Gasteiger partial charge is 0.274 e. The van der Waals surface area contributed by atoms with Crippen molar-refractivity contribution in [2.75, 3.05) is 13.7 Å². The molecule has 5 atom stereocenters. The SMILES string of the molecule is COc1ccnc(C(=O)N[C@@H]2[C@@H](O)[C@H](O)[C@@H](CO)O[C@@H]2O)c1O. The highest BCUT2D eigenvalue weighted by molar-refractivity contribution is 5.95. The Morgan fingerprint density at radius 1 is 1.39 bits per heavy atom. The van der Waals surface area contributed by atoms with Crippen LogP contribution in [0.3, 0.4) is 0 Å². The molecule has 1 aliphatic heterocycles. The largest absolute Gasteiger partial charge is 0.503 e. The molecule has 1 aromatic rings. The molecule has 0 spiro atoms. The van der Waals surface area contributed by atoms with Gasteiger partial charge in [-0.1, -0.05) is 0 Å². The van der Waals surface area contributed by atoms with Crippen molar-refractivity contribution >= 4 is 5.91 Å². The van der Waals surface area contributed by atoms with Gasteiger partial charge in [-0.25, -0.2) is 4.98 Å². The quantitative estimate of drug-likeness (QED) is 0.345. The number of aromatic nitrogens is 1. The molecule has 10 heteroatoms. The monoisotopic (exact) mass is 330 g/mol. The van der Waals surface area contributed by atoms with Crippen LogP contribution in [0, 0.1) is 0 Å². The van der Waals surface area contributed by atoms with Crippen LogP contribution in [0.4, 0.5) is 0 Å². The van der Waals surface area contributed by atoms with Gasteiger partial charge in [-0.3, -0.25) is 4.79 Å². The number of carbonyl (C=O) groups is 1. The predicted octanol–water partition coefficient (Wildman–Crippen LogP) is -2.67. The van der Waals surface area contributed by atoms with Gasteiger partial charge in [-0.2, -0.15) is 0 Å². The average molecular weight is 330 g/mol. The summed E-state index contributed by atoms with van der Waals surface area (Å²) < 4.78 is 9.77. The highest BCUT2D eigenvalue weighted by Crippen LogP contribution is 2.28. The molecule has 1 fully saturated rings. The van der Waals surface area contributed by atoms with Crippen LogP contribution in [-0.4, -0.2) is 80.8 Å².